The first-order valence-electron chi connectivity index (χ1n) is 5.97. The van der Waals surface area contributed by atoms with Crippen LogP contribution in [-0.4, -0.2) is 33.6 Å². The zero-order chi connectivity index (χ0) is 11.7. The van der Waals surface area contributed by atoms with Crippen LogP contribution in [0.4, 0.5) is 0 Å². The Bertz CT molecular complexity index is 140. The number of rotatable bonds is 9. The van der Waals surface area contributed by atoms with Crippen LogP contribution in [0.1, 0.15) is 58.8 Å². The van der Waals surface area contributed by atoms with Gasteiger partial charge in [0.25, 0.3) is 0 Å². The molecule has 0 saturated heterocycles. The van der Waals surface area contributed by atoms with Gasteiger partial charge in [-0.25, -0.2) is 0 Å². The minimum Gasteiger partial charge on any atom is -0.396 e. The Hall–Kier alpha value is -0.120. The lowest BCUT2D eigenvalue weighted by Gasteiger charge is -2.19. The van der Waals surface area contributed by atoms with Crippen molar-refractivity contribution in [3.05, 3.63) is 0 Å². The molecule has 1 unspecified atom stereocenters. The van der Waals surface area contributed by atoms with Crippen LogP contribution < -0.4 is 0 Å². The van der Waals surface area contributed by atoms with Crippen molar-refractivity contribution in [2.45, 2.75) is 70.5 Å². The third-order valence-corrected chi connectivity index (χ3v) is 2.53. The Morgan fingerprint density at radius 1 is 1.00 bits per heavy atom. The highest BCUT2D eigenvalue weighted by Gasteiger charge is 2.14. The Morgan fingerprint density at radius 2 is 1.60 bits per heavy atom. The number of aliphatic hydroxyl groups excluding tert-OH is 2. The van der Waals surface area contributed by atoms with E-state index in [4.69, 9.17) is 5.11 Å². The largest absolute Gasteiger partial charge is 0.396 e. The molecule has 3 nitrogen and oxygen atoms in total. The summed E-state index contributed by atoms with van der Waals surface area (Å²) < 4.78 is 0. The molecule has 92 valence electrons. The van der Waals surface area contributed by atoms with Crippen LogP contribution in [0.5, 0.6) is 0 Å². The van der Waals surface area contributed by atoms with Gasteiger partial charge in [-0.3, -0.25) is 0 Å². The summed E-state index contributed by atoms with van der Waals surface area (Å²) >= 11 is 0. The maximum absolute atomic E-state index is 9.61. The first-order valence-corrected chi connectivity index (χ1v) is 5.97. The van der Waals surface area contributed by atoms with Gasteiger partial charge in [-0.2, -0.15) is 0 Å². The van der Waals surface area contributed by atoms with Crippen molar-refractivity contribution in [1.29, 1.82) is 0 Å². The average Bonchev–Trinajstić information content (AvgIpc) is 2.13. The van der Waals surface area contributed by atoms with Gasteiger partial charge in [0.15, 0.2) is 0 Å². The van der Waals surface area contributed by atoms with E-state index in [1.54, 1.807) is 13.8 Å². The highest BCUT2D eigenvalue weighted by molar-refractivity contribution is 4.68. The quantitative estimate of drug-likeness (QED) is 0.517. The predicted molar refractivity (Wildman–Crippen MR) is 61.7 cm³/mol. The average molecular weight is 218 g/mol. The lowest BCUT2D eigenvalue weighted by atomic mass is 9.98. The summed E-state index contributed by atoms with van der Waals surface area (Å²) in [5.41, 5.74) is -0.669. The molecular formula is C12H26O3. The summed E-state index contributed by atoms with van der Waals surface area (Å²) in [5, 5.41) is 27.6. The summed E-state index contributed by atoms with van der Waals surface area (Å²) in [4.78, 5) is 0. The summed E-state index contributed by atoms with van der Waals surface area (Å²) in [6.45, 7) is 3.79. The number of hydrogen-bond donors (Lipinski definition) is 3. The molecular weight excluding hydrogens is 192 g/mol. The van der Waals surface area contributed by atoms with E-state index in [2.05, 4.69) is 0 Å². The van der Waals surface area contributed by atoms with Crippen molar-refractivity contribution in [3.8, 4) is 0 Å². The zero-order valence-corrected chi connectivity index (χ0v) is 10.1. The molecule has 0 fully saturated rings. The van der Waals surface area contributed by atoms with Crippen molar-refractivity contribution in [2.75, 3.05) is 6.61 Å². The fourth-order valence-corrected chi connectivity index (χ4v) is 1.51. The molecule has 0 aliphatic rings. The molecule has 0 aromatic carbocycles. The second kappa shape index (κ2) is 8.08. The molecule has 1 atom stereocenters. The lowest BCUT2D eigenvalue weighted by Crippen LogP contribution is -2.21. The Balaban J connectivity index is 3.30. The normalized spacial score (nSPS) is 14.2. The zero-order valence-electron chi connectivity index (χ0n) is 10.1. The minimum atomic E-state index is -0.669. The maximum atomic E-state index is 9.61. The Labute approximate surface area is 93.1 Å². The Morgan fingerprint density at radius 3 is 2.13 bits per heavy atom. The standard InChI is InChI=1S/C12H26O3/c1-12(2,15)9-8-11(14)7-5-3-4-6-10-13/h11,13-15H,3-10H2,1-2H3. The third-order valence-electron chi connectivity index (χ3n) is 2.53. The van der Waals surface area contributed by atoms with Crippen molar-refractivity contribution in [3.63, 3.8) is 0 Å². The molecule has 0 aliphatic carbocycles. The summed E-state index contributed by atoms with van der Waals surface area (Å²) in [7, 11) is 0. The van der Waals surface area contributed by atoms with Crippen LogP contribution in [-0.2, 0) is 0 Å². The van der Waals surface area contributed by atoms with Gasteiger partial charge < -0.3 is 15.3 Å². The van der Waals surface area contributed by atoms with E-state index in [-0.39, 0.29) is 12.7 Å². The molecule has 0 rings (SSSR count). The molecule has 0 radical (unpaired) electrons. The fourth-order valence-electron chi connectivity index (χ4n) is 1.51. The maximum Gasteiger partial charge on any atom is 0.0592 e. The summed E-state index contributed by atoms with van der Waals surface area (Å²) in [6.07, 6.45) is 5.81. The number of unbranched alkanes of at least 4 members (excludes halogenated alkanes) is 3. The molecule has 3 heteroatoms. The van der Waals surface area contributed by atoms with Crippen LogP contribution in [0.15, 0.2) is 0 Å². The van der Waals surface area contributed by atoms with E-state index in [9.17, 15) is 10.2 Å². The molecule has 15 heavy (non-hydrogen) atoms. The van der Waals surface area contributed by atoms with Crippen LogP contribution in [0.2, 0.25) is 0 Å². The van der Waals surface area contributed by atoms with Gasteiger partial charge in [0.05, 0.1) is 11.7 Å². The van der Waals surface area contributed by atoms with E-state index in [0.717, 1.165) is 32.1 Å². The second-order valence-corrected chi connectivity index (χ2v) is 4.93. The molecule has 0 heterocycles. The topological polar surface area (TPSA) is 60.7 Å². The molecule has 0 aliphatic heterocycles. The van der Waals surface area contributed by atoms with Crippen LogP contribution in [0.25, 0.3) is 0 Å². The second-order valence-electron chi connectivity index (χ2n) is 4.93. The summed E-state index contributed by atoms with van der Waals surface area (Å²) in [6, 6.07) is 0. The SMILES string of the molecule is CC(C)(O)CCC(O)CCCCCCO. The van der Waals surface area contributed by atoms with Crippen molar-refractivity contribution < 1.29 is 15.3 Å². The van der Waals surface area contributed by atoms with Gasteiger partial charge >= 0.3 is 0 Å². The van der Waals surface area contributed by atoms with Crippen LogP contribution in [0.3, 0.4) is 0 Å². The minimum absolute atomic E-state index is 0.265. The summed E-state index contributed by atoms with van der Waals surface area (Å²) in [5.74, 6) is 0. The molecule has 0 amide bonds. The van der Waals surface area contributed by atoms with Gasteiger partial charge in [0.2, 0.25) is 0 Å². The molecule has 0 spiro atoms. The Kier molecular flexibility index (Phi) is 8.02. The monoisotopic (exact) mass is 218 g/mol. The lowest BCUT2D eigenvalue weighted by molar-refractivity contribution is 0.0465. The first kappa shape index (κ1) is 14.9. The van der Waals surface area contributed by atoms with Gasteiger partial charge in [-0.1, -0.05) is 19.3 Å². The van der Waals surface area contributed by atoms with Crippen LogP contribution >= 0.6 is 0 Å². The number of aliphatic hydroxyl groups is 3. The van der Waals surface area contributed by atoms with E-state index in [1.165, 1.54) is 0 Å². The van der Waals surface area contributed by atoms with E-state index < -0.39 is 5.60 Å². The van der Waals surface area contributed by atoms with E-state index >= 15 is 0 Å². The molecule has 0 aromatic heterocycles. The predicted octanol–water partition coefficient (Wildman–Crippen LogP) is 1.84. The van der Waals surface area contributed by atoms with Crippen molar-refractivity contribution in [2.24, 2.45) is 0 Å². The molecule has 0 saturated carbocycles. The molecule has 0 aromatic rings. The van der Waals surface area contributed by atoms with Crippen LogP contribution in [0, 0.1) is 0 Å². The smallest absolute Gasteiger partial charge is 0.0592 e. The third kappa shape index (κ3) is 11.8. The molecule has 0 bridgehead atoms. The van der Waals surface area contributed by atoms with Gasteiger partial charge in [0.1, 0.15) is 0 Å². The van der Waals surface area contributed by atoms with Gasteiger partial charge in [-0.15, -0.1) is 0 Å². The molecule has 3 N–H and O–H groups in total. The fraction of sp³-hybridized carbons (Fsp3) is 1.00. The van der Waals surface area contributed by atoms with E-state index in [1.807, 2.05) is 0 Å². The van der Waals surface area contributed by atoms with Gasteiger partial charge in [-0.05, 0) is 39.5 Å². The first-order chi connectivity index (χ1) is 6.95. The highest BCUT2D eigenvalue weighted by atomic mass is 16.3. The van der Waals surface area contributed by atoms with Crippen molar-refractivity contribution >= 4 is 0 Å². The van der Waals surface area contributed by atoms with E-state index in [0.29, 0.717) is 12.8 Å². The number of hydrogen-bond acceptors (Lipinski definition) is 3. The highest BCUT2D eigenvalue weighted by Crippen LogP contribution is 2.15. The van der Waals surface area contributed by atoms with Gasteiger partial charge in [0, 0.05) is 6.61 Å². The van der Waals surface area contributed by atoms with Crippen molar-refractivity contribution in [1.82, 2.24) is 0 Å².